The number of aryl methyl sites for hydroxylation is 1. The number of ether oxygens (including phenoxy) is 2. The summed E-state index contributed by atoms with van der Waals surface area (Å²) >= 11 is 0. The molecule has 0 spiro atoms. The van der Waals surface area contributed by atoms with E-state index in [1.165, 1.54) is 0 Å². The van der Waals surface area contributed by atoms with E-state index in [-0.39, 0.29) is 24.9 Å². The Labute approximate surface area is 167 Å². The van der Waals surface area contributed by atoms with E-state index in [1.807, 2.05) is 50.2 Å². The predicted octanol–water partition coefficient (Wildman–Crippen LogP) is 2.92. The van der Waals surface area contributed by atoms with Gasteiger partial charge in [-0.2, -0.15) is 4.98 Å². The van der Waals surface area contributed by atoms with Crippen LogP contribution in [-0.4, -0.2) is 35.2 Å². The number of benzene rings is 2. The smallest absolute Gasteiger partial charge is 0.325 e. The SMILES string of the molecule is CCOc1ccccc1-c1noc(COC(=O)CNC(=O)c2ccccc2C)n1. The summed E-state index contributed by atoms with van der Waals surface area (Å²) in [5.74, 6) is 0.171. The standard InChI is InChI=1S/C21H21N3O5/c1-3-27-17-11-7-6-10-16(17)20-23-18(29-24-20)13-28-19(25)12-22-21(26)15-9-5-4-8-14(15)2/h4-11H,3,12-13H2,1-2H3,(H,22,26). The van der Waals surface area contributed by atoms with E-state index in [9.17, 15) is 9.59 Å². The van der Waals surface area contributed by atoms with Crippen LogP contribution in [-0.2, 0) is 16.1 Å². The molecule has 0 bridgehead atoms. The van der Waals surface area contributed by atoms with E-state index >= 15 is 0 Å². The summed E-state index contributed by atoms with van der Waals surface area (Å²) < 4.78 is 15.8. The zero-order chi connectivity index (χ0) is 20.6. The van der Waals surface area contributed by atoms with Crippen LogP contribution >= 0.6 is 0 Å². The molecule has 3 rings (SSSR count). The fraction of sp³-hybridized carbons (Fsp3) is 0.238. The molecule has 1 amide bonds. The third-order valence-corrected chi connectivity index (χ3v) is 4.04. The Kier molecular flexibility index (Phi) is 6.57. The molecule has 0 saturated carbocycles. The third-order valence-electron chi connectivity index (χ3n) is 4.04. The Morgan fingerprint density at radius 1 is 1.10 bits per heavy atom. The molecule has 0 unspecified atom stereocenters. The van der Waals surface area contributed by atoms with Gasteiger partial charge in [0.05, 0.1) is 12.2 Å². The van der Waals surface area contributed by atoms with E-state index in [4.69, 9.17) is 14.0 Å². The van der Waals surface area contributed by atoms with Crippen molar-refractivity contribution in [1.29, 1.82) is 0 Å². The van der Waals surface area contributed by atoms with Gasteiger partial charge in [0.15, 0.2) is 6.61 Å². The number of carbonyl (C=O) groups is 2. The van der Waals surface area contributed by atoms with E-state index in [2.05, 4.69) is 15.5 Å². The highest BCUT2D eigenvalue weighted by Gasteiger charge is 2.15. The molecule has 3 aromatic rings. The summed E-state index contributed by atoms with van der Waals surface area (Å²) in [6.45, 7) is 3.76. The summed E-state index contributed by atoms with van der Waals surface area (Å²) in [4.78, 5) is 28.3. The van der Waals surface area contributed by atoms with Crippen LogP contribution in [0.4, 0.5) is 0 Å². The number of aromatic nitrogens is 2. The molecule has 8 nitrogen and oxygen atoms in total. The molecular weight excluding hydrogens is 374 g/mol. The Morgan fingerprint density at radius 2 is 1.86 bits per heavy atom. The lowest BCUT2D eigenvalue weighted by Gasteiger charge is -2.07. The van der Waals surface area contributed by atoms with Gasteiger partial charge in [0.25, 0.3) is 11.8 Å². The highest BCUT2D eigenvalue weighted by Crippen LogP contribution is 2.27. The first-order chi connectivity index (χ1) is 14.1. The van der Waals surface area contributed by atoms with Crippen LogP contribution in [0.15, 0.2) is 53.1 Å². The van der Waals surface area contributed by atoms with Gasteiger partial charge < -0.3 is 19.3 Å². The van der Waals surface area contributed by atoms with Gasteiger partial charge in [-0.1, -0.05) is 35.5 Å². The number of carbonyl (C=O) groups excluding carboxylic acids is 2. The topological polar surface area (TPSA) is 104 Å². The summed E-state index contributed by atoms with van der Waals surface area (Å²) in [5, 5.41) is 6.44. The van der Waals surface area contributed by atoms with Crippen molar-refractivity contribution in [3.63, 3.8) is 0 Å². The van der Waals surface area contributed by atoms with Gasteiger partial charge in [-0.3, -0.25) is 9.59 Å². The second-order valence-electron chi connectivity index (χ2n) is 6.10. The Morgan fingerprint density at radius 3 is 2.66 bits per heavy atom. The largest absolute Gasteiger partial charge is 0.493 e. The van der Waals surface area contributed by atoms with Gasteiger partial charge in [0.1, 0.15) is 12.3 Å². The zero-order valence-electron chi connectivity index (χ0n) is 16.2. The van der Waals surface area contributed by atoms with E-state index in [1.54, 1.807) is 12.1 Å². The molecule has 1 heterocycles. The van der Waals surface area contributed by atoms with E-state index in [0.717, 1.165) is 5.56 Å². The van der Waals surface area contributed by atoms with Crippen LogP contribution in [0.1, 0.15) is 28.7 Å². The average Bonchev–Trinajstić information content (AvgIpc) is 3.20. The van der Waals surface area contributed by atoms with Crippen molar-refractivity contribution in [2.75, 3.05) is 13.2 Å². The number of nitrogens with one attached hydrogen (secondary N) is 1. The summed E-state index contributed by atoms with van der Waals surface area (Å²) in [5.41, 5.74) is 2.01. The number of para-hydroxylation sites is 1. The highest BCUT2D eigenvalue weighted by atomic mass is 16.6. The third kappa shape index (κ3) is 5.19. The average molecular weight is 395 g/mol. The van der Waals surface area contributed by atoms with Gasteiger partial charge in [0.2, 0.25) is 5.82 Å². The fourth-order valence-electron chi connectivity index (χ4n) is 2.62. The van der Waals surface area contributed by atoms with Crippen LogP contribution in [0.5, 0.6) is 5.75 Å². The molecule has 1 aromatic heterocycles. The maximum absolute atomic E-state index is 12.1. The molecule has 0 radical (unpaired) electrons. The molecule has 2 aromatic carbocycles. The van der Waals surface area contributed by atoms with Gasteiger partial charge in [-0.05, 0) is 37.6 Å². The van der Waals surface area contributed by atoms with Crippen molar-refractivity contribution in [2.45, 2.75) is 20.5 Å². The number of nitrogens with zero attached hydrogens (tertiary/aromatic N) is 2. The van der Waals surface area contributed by atoms with Gasteiger partial charge in [-0.15, -0.1) is 0 Å². The second kappa shape index (κ2) is 9.50. The molecule has 0 aliphatic rings. The van der Waals surface area contributed by atoms with Crippen molar-refractivity contribution in [2.24, 2.45) is 0 Å². The fourth-order valence-corrected chi connectivity index (χ4v) is 2.62. The summed E-state index contributed by atoms with van der Waals surface area (Å²) in [6.07, 6.45) is 0. The summed E-state index contributed by atoms with van der Waals surface area (Å²) in [7, 11) is 0. The maximum atomic E-state index is 12.1. The van der Waals surface area contributed by atoms with Crippen LogP contribution in [0, 0.1) is 6.92 Å². The Hall–Kier alpha value is -3.68. The summed E-state index contributed by atoms with van der Waals surface area (Å²) in [6, 6.07) is 14.4. The zero-order valence-corrected chi connectivity index (χ0v) is 16.2. The number of hydrogen-bond acceptors (Lipinski definition) is 7. The van der Waals surface area contributed by atoms with E-state index in [0.29, 0.717) is 29.3 Å². The van der Waals surface area contributed by atoms with Crippen molar-refractivity contribution in [3.8, 4) is 17.1 Å². The predicted molar refractivity (Wildman–Crippen MR) is 104 cm³/mol. The number of hydrogen-bond donors (Lipinski definition) is 1. The molecule has 0 aliphatic heterocycles. The lowest BCUT2D eigenvalue weighted by atomic mass is 10.1. The van der Waals surface area contributed by atoms with Crippen molar-refractivity contribution < 1.29 is 23.6 Å². The first kappa shape index (κ1) is 20.1. The lowest BCUT2D eigenvalue weighted by molar-refractivity contribution is -0.144. The molecule has 0 fully saturated rings. The quantitative estimate of drug-likeness (QED) is 0.585. The van der Waals surface area contributed by atoms with Crippen molar-refractivity contribution >= 4 is 11.9 Å². The lowest BCUT2D eigenvalue weighted by Crippen LogP contribution is -2.31. The molecule has 29 heavy (non-hydrogen) atoms. The minimum Gasteiger partial charge on any atom is -0.493 e. The monoisotopic (exact) mass is 395 g/mol. The van der Waals surface area contributed by atoms with Crippen LogP contribution in [0.3, 0.4) is 0 Å². The molecule has 0 atom stereocenters. The first-order valence-corrected chi connectivity index (χ1v) is 9.12. The number of esters is 1. The number of amides is 1. The highest BCUT2D eigenvalue weighted by molar-refractivity contribution is 5.97. The maximum Gasteiger partial charge on any atom is 0.325 e. The van der Waals surface area contributed by atoms with E-state index < -0.39 is 5.97 Å². The van der Waals surface area contributed by atoms with Crippen molar-refractivity contribution in [1.82, 2.24) is 15.5 Å². The molecule has 0 saturated heterocycles. The van der Waals surface area contributed by atoms with Crippen LogP contribution < -0.4 is 10.1 Å². The molecule has 150 valence electrons. The molecule has 1 N–H and O–H groups in total. The Bertz CT molecular complexity index is 999. The first-order valence-electron chi connectivity index (χ1n) is 9.12. The normalized spacial score (nSPS) is 10.4. The van der Waals surface area contributed by atoms with Crippen LogP contribution in [0.2, 0.25) is 0 Å². The van der Waals surface area contributed by atoms with Gasteiger partial charge >= 0.3 is 5.97 Å². The number of rotatable bonds is 8. The minimum atomic E-state index is -0.610. The van der Waals surface area contributed by atoms with Crippen LogP contribution in [0.25, 0.3) is 11.4 Å². The molecular formula is C21H21N3O5. The Balaban J connectivity index is 1.53. The minimum absolute atomic E-state index is 0.143. The van der Waals surface area contributed by atoms with Gasteiger partial charge in [0, 0.05) is 5.56 Å². The molecule has 0 aliphatic carbocycles. The molecule has 8 heteroatoms. The van der Waals surface area contributed by atoms with Crippen molar-refractivity contribution in [3.05, 3.63) is 65.5 Å². The second-order valence-corrected chi connectivity index (χ2v) is 6.10. The van der Waals surface area contributed by atoms with Gasteiger partial charge in [-0.25, -0.2) is 0 Å².